The van der Waals surface area contributed by atoms with E-state index in [1.807, 2.05) is 24.4 Å². The van der Waals surface area contributed by atoms with E-state index in [0.29, 0.717) is 11.5 Å². The third kappa shape index (κ3) is 5.94. The monoisotopic (exact) mass is 918 g/mol. The number of benzene rings is 7. The second-order valence-corrected chi connectivity index (χ2v) is 17.6. The van der Waals surface area contributed by atoms with Gasteiger partial charge in [-0.05, 0) is 52.9 Å². The van der Waals surface area contributed by atoms with Crippen LogP contribution in [-0.2, 0) is 21.1 Å². The molecule has 7 heteroatoms. The van der Waals surface area contributed by atoms with E-state index in [0.717, 1.165) is 44.7 Å². The quantitative estimate of drug-likeness (QED) is 0.0869. The third-order valence-corrected chi connectivity index (χ3v) is 15.4. The molecule has 0 spiro atoms. The molecule has 2 aromatic heterocycles. The molecule has 7 aromatic carbocycles. The SMILES string of the molecule is CN1[CH-]N(c2[c-]c(Oc3[c-]c(-n4c5ccccc5c5cccnc54)ccc3)cc([Si](c3ccccc3)(c3ccccc3)c3ccccc3)c2)c2ccccc21.[Pt]. The van der Waals surface area contributed by atoms with Crippen molar-refractivity contribution in [2.45, 2.75) is 0 Å². The summed E-state index contributed by atoms with van der Waals surface area (Å²) in [5.41, 5.74) is 5.91. The van der Waals surface area contributed by atoms with Crippen molar-refractivity contribution in [3.8, 4) is 17.2 Å². The Labute approximate surface area is 342 Å². The Morgan fingerprint density at radius 1 is 0.536 bits per heavy atom. The molecular formula is C49H35N4OPtSi-3. The van der Waals surface area contributed by atoms with Gasteiger partial charge in [-0.1, -0.05) is 127 Å². The van der Waals surface area contributed by atoms with Gasteiger partial charge in [0.1, 0.15) is 5.65 Å². The molecule has 274 valence electrons. The zero-order valence-electron chi connectivity index (χ0n) is 30.5. The van der Waals surface area contributed by atoms with Gasteiger partial charge in [0.15, 0.2) is 8.07 Å². The molecule has 0 saturated heterocycles. The van der Waals surface area contributed by atoms with Crippen molar-refractivity contribution in [2.75, 3.05) is 16.8 Å². The number of pyridine rings is 1. The molecule has 0 unspecified atom stereocenters. The van der Waals surface area contributed by atoms with Crippen molar-refractivity contribution in [1.29, 1.82) is 0 Å². The maximum Gasteiger partial charge on any atom is 0.155 e. The Bertz CT molecular complexity index is 2660. The maximum absolute atomic E-state index is 6.92. The van der Waals surface area contributed by atoms with E-state index < -0.39 is 8.07 Å². The second-order valence-electron chi connectivity index (χ2n) is 13.8. The van der Waals surface area contributed by atoms with Crippen molar-refractivity contribution in [3.05, 3.63) is 207 Å². The summed E-state index contributed by atoms with van der Waals surface area (Å²) in [6.45, 7) is 2.13. The first-order valence-corrected chi connectivity index (χ1v) is 20.4. The van der Waals surface area contributed by atoms with Crippen LogP contribution in [-0.4, -0.2) is 24.7 Å². The molecule has 56 heavy (non-hydrogen) atoms. The van der Waals surface area contributed by atoms with Gasteiger partial charge in [-0.15, -0.1) is 47.3 Å². The first kappa shape index (κ1) is 35.5. The number of nitrogens with zero attached hydrogens (tertiary/aromatic N) is 4. The van der Waals surface area contributed by atoms with Gasteiger partial charge in [0.2, 0.25) is 0 Å². The van der Waals surface area contributed by atoms with Crippen LogP contribution in [0.25, 0.3) is 27.6 Å². The second kappa shape index (κ2) is 14.8. The molecule has 0 N–H and O–H groups in total. The van der Waals surface area contributed by atoms with Gasteiger partial charge < -0.3 is 19.1 Å². The molecule has 5 nitrogen and oxygen atoms in total. The fourth-order valence-electron chi connectivity index (χ4n) is 8.23. The van der Waals surface area contributed by atoms with Gasteiger partial charge in [0.05, 0.1) is 5.52 Å². The minimum Gasteiger partial charge on any atom is -0.509 e. The van der Waals surface area contributed by atoms with Crippen molar-refractivity contribution in [1.82, 2.24) is 9.55 Å². The summed E-state index contributed by atoms with van der Waals surface area (Å²) in [4.78, 5) is 9.18. The average Bonchev–Trinajstić information content (AvgIpc) is 3.77. The van der Waals surface area contributed by atoms with Crippen LogP contribution in [0.2, 0.25) is 0 Å². The molecule has 9 aromatic rings. The van der Waals surface area contributed by atoms with Crippen LogP contribution in [0, 0.1) is 18.8 Å². The minimum absolute atomic E-state index is 0. The summed E-state index contributed by atoms with van der Waals surface area (Å²) in [6.07, 6.45) is 1.84. The first-order chi connectivity index (χ1) is 27.2. The Morgan fingerprint density at radius 3 is 1.82 bits per heavy atom. The number of rotatable bonds is 8. The van der Waals surface area contributed by atoms with Gasteiger partial charge in [-0.3, -0.25) is 0 Å². The van der Waals surface area contributed by atoms with E-state index in [4.69, 9.17) is 9.72 Å². The number of ether oxygens (including phenoxy) is 1. The molecule has 10 rings (SSSR count). The van der Waals surface area contributed by atoms with Crippen LogP contribution in [0.3, 0.4) is 0 Å². The molecule has 3 heterocycles. The summed E-state index contributed by atoms with van der Waals surface area (Å²) in [7, 11) is -0.847. The summed E-state index contributed by atoms with van der Waals surface area (Å²) in [5.74, 6) is 1.20. The van der Waals surface area contributed by atoms with E-state index in [1.165, 1.54) is 20.7 Å². The van der Waals surface area contributed by atoms with Crippen molar-refractivity contribution in [3.63, 3.8) is 0 Å². The van der Waals surface area contributed by atoms with Crippen LogP contribution < -0.4 is 35.3 Å². The van der Waals surface area contributed by atoms with Crippen molar-refractivity contribution in [2.24, 2.45) is 0 Å². The molecule has 1 aliphatic rings. The molecule has 0 radical (unpaired) electrons. The fourth-order valence-corrected chi connectivity index (χ4v) is 13.0. The maximum atomic E-state index is 6.92. The predicted octanol–water partition coefficient (Wildman–Crippen LogP) is 8.65. The number of anilines is 3. The number of hydrogen-bond donors (Lipinski definition) is 0. The summed E-state index contributed by atoms with van der Waals surface area (Å²) < 4.78 is 9.08. The van der Waals surface area contributed by atoms with Crippen LogP contribution in [0.1, 0.15) is 0 Å². The van der Waals surface area contributed by atoms with Crippen LogP contribution in [0.15, 0.2) is 188 Å². The molecule has 0 fully saturated rings. The Hall–Kier alpha value is -6.20. The average molecular weight is 919 g/mol. The predicted molar refractivity (Wildman–Crippen MR) is 228 cm³/mol. The molecule has 0 atom stereocenters. The van der Waals surface area contributed by atoms with E-state index >= 15 is 0 Å². The van der Waals surface area contributed by atoms with Gasteiger partial charge in [0.25, 0.3) is 0 Å². The topological polar surface area (TPSA) is 33.5 Å². The Kier molecular flexibility index (Phi) is 9.38. The normalized spacial score (nSPS) is 12.4. The van der Waals surface area contributed by atoms with E-state index in [2.05, 4.69) is 204 Å². The molecule has 1 aliphatic heterocycles. The summed E-state index contributed by atoms with van der Waals surface area (Å²) in [5, 5.41) is 7.28. The summed E-state index contributed by atoms with van der Waals surface area (Å²) >= 11 is 0. The van der Waals surface area contributed by atoms with Crippen LogP contribution >= 0.6 is 0 Å². The standard InChI is InChI=1S/C49H35N4OSi.Pt/c1-51-35-52(48-29-14-13-28-47(48)51)37-32-39(54-38-18-15-17-36(31-38)53-46-27-12-11-25-44(46)45-26-16-30-50-49(45)53)34-43(33-37)55(40-19-5-2-6-20-40,41-21-7-3-8-22-41)42-23-9-4-10-24-42;/h2-30,33-35H,1H3;/q-3;. The molecular weight excluding hydrogens is 884 g/mol. The third-order valence-electron chi connectivity index (χ3n) is 10.6. The van der Waals surface area contributed by atoms with E-state index in [9.17, 15) is 0 Å². The smallest absolute Gasteiger partial charge is 0.155 e. The van der Waals surface area contributed by atoms with Gasteiger partial charge in [-0.25, -0.2) is 4.98 Å². The van der Waals surface area contributed by atoms with Crippen LogP contribution in [0.5, 0.6) is 11.5 Å². The Morgan fingerprint density at radius 2 is 1.12 bits per heavy atom. The number of para-hydroxylation sites is 3. The van der Waals surface area contributed by atoms with E-state index in [1.54, 1.807) is 0 Å². The number of fused-ring (bicyclic) bond motifs is 4. The Balaban J connectivity index is 0.00000410. The first-order valence-electron chi connectivity index (χ1n) is 18.4. The molecule has 0 aliphatic carbocycles. The molecule has 0 amide bonds. The van der Waals surface area contributed by atoms with Crippen LogP contribution in [0.4, 0.5) is 17.1 Å². The molecule has 0 saturated carbocycles. The van der Waals surface area contributed by atoms with Crippen molar-refractivity contribution < 1.29 is 25.8 Å². The zero-order valence-corrected chi connectivity index (χ0v) is 33.8. The van der Waals surface area contributed by atoms with Gasteiger partial charge >= 0.3 is 0 Å². The summed E-state index contributed by atoms with van der Waals surface area (Å²) in [6, 6.07) is 71.8. The number of hydrogen-bond acceptors (Lipinski definition) is 4. The molecule has 0 bridgehead atoms. The van der Waals surface area contributed by atoms with Crippen molar-refractivity contribution >= 4 is 67.8 Å². The minimum atomic E-state index is -2.93. The van der Waals surface area contributed by atoms with E-state index in [-0.39, 0.29) is 21.1 Å². The fraction of sp³-hybridized carbons (Fsp3) is 0.0204. The number of aromatic nitrogens is 2. The van der Waals surface area contributed by atoms with Gasteiger partial charge in [0, 0.05) is 60.9 Å². The van der Waals surface area contributed by atoms with Gasteiger partial charge in [-0.2, -0.15) is 12.7 Å². The largest absolute Gasteiger partial charge is 0.509 e. The zero-order chi connectivity index (χ0) is 36.8.